The number of nitrogens with zero attached hydrogens (tertiary/aromatic N) is 6. The number of nitrogens with two attached hydrogens (primary N) is 1. The maximum Gasteiger partial charge on any atom is 0.217 e. The van der Waals surface area contributed by atoms with Crippen LogP contribution in [0.4, 0.5) is 5.00 Å². The van der Waals surface area contributed by atoms with Crippen LogP contribution in [-0.4, -0.2) is 50.7 Å². The number of hydrogen-bond donors (Lipinski definition) is 1. The normalized spacial score (nSPS) is 22.8. The van der Waals surface area contributed by atoms with Gasteiger partial charge in [0.15, 0.2) is 0 Å². The molecular weight excluding hydrogens is 555 g/mol. The van der Waals surface area contributed by atoms with E-state index in [0.29, 0.717) is 39.8 Å². The van der Waals surface area contributed by atoms with Crippen LogP contribution in [0, 0.1) is 18.3 Å². The highest BCUT2D eigenvalue weighted by molar-refractivity contribution is 7.16. The lowest BCUT2D eigenvalue weighted by Gasteiger charge is -2.39. The molecule has 3 atom stereocenters. The summed E-state index contributed by atoms with van der Waals surface area (Å²) in [4.78, 5) is 18.1. The van der Waals surface area contributed by atoms with Crippen LogP contribution in [0.25, 0.3) is 23.0 Å². The molecule has 9 nitrogen and oxygen atoms in total. The van der Waals surface area contributed by atoms with Crippen LogP contribution < -0.4 is 10.5 Å². The Morgan fingerprint density at radius 1 is 1.20 bits per heavy atom. The number of nitriles is 1. The second kappa shape index (κ2) is 10.2. The molecular formula is C30H33N7O2S2. The molecule has 0 saturated carbocycles. The van der Waals surface area contributed by atoms with Crippen molar-refractivity contribution < 1.29 is 9.26 Å². The van der Waals surface area contributed by atoms with Crippen LogP contribution in [0.2, 0.25) is 0 Å². The molecule has 0 amide bonds. The first-order chi connectivity index (χ1) is 19.9. The highest BCUT2D eigenvalue weighted by Crippen LogP contribution is 2.54. The number of anilines is 1. The molecule has 41 heavy (non-hydrogen) atoms. The second-order valence-corrected chi connectivity index (χ2v) is 13.8. The lowest BCUT2D eigenvalue weighted by molar-refractivity contribution is 0.117. The quantitative estimate of drug-likeness (QED) is 0.304. The lowest BCUT2D eigenvalue weighted by Crippen LogP contribution is -2.38. The summed E-state index contributed by atoms with van der Waals surface area (Å²) in [5.41, 5.74) is 11.1. The van der Waals surface area contributed by atoms with Gasteiger partial charge in [-0.2, -0.15) is 10.2 Å². The summed E-state index contributed by atoms with van der Waals surface area (Å²) in [6, 6.07) is 4.62. The molecule has 4 aromatic heterocycles. The van der Waals surface area contributed by atoms with Crippen molar-refractivity contribution in [2.75, 3.05) is 19.3 Å². The van der Waals surface area contributed by atoms with Gasteiger partial charge in [-0.05, 0) is 84.4 Å². The molecule has 5 heterocycles. The predicted octanol–water partition coefficient (Wildman–Crippen LogP) is 5.90. The topological polar surface area (TPSA) is 127 Å². The van der Waals surface area contributed by atoms with Crippen LogP contribution in [0.3, 0.4) is 0 Å². The molecule has 0 aromatic carbocycles. The third-order valence-corrected chi connectivity index (χ3v) is 10.9. The Labute approximate surface area is 247 Å². The van der Waals surface area contributed by atoms with E-state index in [1.807, 2.05) is 18.4 Å². The van der Waals surface area contributed by atoms with E-state index in [-0.39, 0.29) is 11.5 Å². The molecule has 7 rings (SSSR count). The average Bonchev–Trinajstić information content (AvgIpc) is 3.75. The summed E-state index contributed by atoms with van der Waals surface area (Å²) in [5, 5.41) is 18.3. The zero-order valence-electron chi connectivity index (χ0n) is 23.6. The largest absolute Gasteiger partial charge is 0.473 e. The van der Waals surface area contributed by atoms with Gasteiger partial charge in [-0.15, -0.1) is 22.7 Å². The summed E-state index contributed by atoms with van der Waals surface area (Å²) >= 11 is 3.14. The highest BCUT2D eigenvalue weighted by Gasteiger charge is 2.48. The van der Waals surface area contributed by atoms with Crippen LogP contribution in [-0.2, 0) is 18.3 Å². The summed E-state index contributed by atoms with van der Waals surface area (Å²) in [6.07, 6.45) is 7.83. The van der Waals surface area contributed by atoms with Gasteiger partial charge in [-0.3, -0.25) is 4.90 Å². The maximum absolute atomic E-state index is 10.0. The Balaban J connectivity index is 1.33. The van der Waals surface area contributed by atoms with E-state index >= 15 is 0 Å². The summed E-state index contributed by atoms with van der Waals surface area (Å²) in [6.45, 7) is 5.18. The highest BCUT2D eigenvalue weighted by atomic mass is 32.1. The van der Waals surface area contributed by atoms with Gasteiger partial charge in [-0.25, -0.2) is 9.97 Å². The van der Waals surface area contributed by atoms with Crippen molar-refractivity contribution in [1.82, 2.24) is 25.0 Å². The van der Waals surface area contributed by atoms with E-state index in [1.54, 1.807) is 22.7 Å². The predicted molar refractivity (Wildman–Crippen MR) is 159 cm³/mol. The van der Waals surface area contributed by atoms with E-state index in [1.165, 1.54) is 11.3 Å². The molecule has 2 aliphatic carbocycles. The number of ether oxygens (including phenoxy) is 1. The van der Waals surface area contributed by atoms with Crippen molar-refractivity contribution in [3.63, 3.8) is 0 Å². The molecule has 1 fully saturated rings. The Bertz CT molecular complexity index is 1660. The molecule has 212 valence electrons. The number of rotatable bonds is 5. The molecule has 2 N–H and O–H groups in total. The van der Waals surface area contributed by atoms with E-state index in [4.69, 9.17) is 35.1 Å². The Kier molecular flexibility index (Phi) is 6.60. The fourth-order valence-electron chi connectivity index (χ4n) is 7.23. The van der Waals surface area contributed by atoms with Crippen LogP contribution >= 0.6 is 22.7 Å². The minimum atomic E-state index is -0.368. The second-order valence-electron chi connectivity index (χ2n) is 11.6. The number of aryl methyl sites for hydroxylation is 2. The van der Waals surface area contributed by atoms with Gasteiger partial charge in [-0.1, -0.05) is 5.16 Å². The van der Waals surface area contributed by atoms with Crippen molar-refractivity contribution in [3.8, 4) is 34.9 Å². The maximum atomic E-state index is 10.0. The Morgan fingerprint density at radius 2 is 2.02 bits per heavy atom. The van der Waals surface area contributed by atoms with Crippen LogP contribution in [0.1, 0.15) is 77.7 Å². The zero-order chi connectivity index (χ0) is 28.3. The number of likely N-dealkylation sites (N-methyl/N-ethyl adjacent to an activating group) is 1. The number of thiophene rings is 1. The first kappa shape index (κ1) is 26.6. The zero-order valence-corrected chi connectivity index (χ0v) is 25.2. The van der Waals surface area contributed by atoms with E-state index < -0.39 is 0 Å². The molecule has 3 aliphatic rings. The molecule has 0 unspecified atom stereocenters. The SMILES string of the molecule is Cc1nc(-c2cc(O[C@@H](C)[C@@H]3CCCN3C)nc(-c3onc4c3CCC[C@@]43CCCc4sc(N)c(C#N)c43)n2)cs1. The summed E-state index contributed by atoms with van der Waals surface area (Å²) < 4.78 is 12.6. The third-order valence-electron chi connectivity index (χ3n) is 9.09. The molecule has 1 spiro atoms. The molecule has 11 heteroatoms. The Hall–Kier alpha value is -3.33. The van der Waals surface area contributed by atoms with Crippen LogP contribution in [0.5, 0.6) is 5.88 Å². The van der Waals surface area contributed by atoms with Gasteiger partial charge in [0.05, 0.1) is 22.0 Å². The van der Waals surface area contributed by atoms with E-state index in [0.717, 1.165) is 79.0 Å². The lowest BCUT2D eigenvalue weighted by atomic mass is 9.62. The molecule has 0 radical (unpaired) electrons. The summed E-state index contributed by atoms with van der Waals surface area (Å²) in [7, 11) is 2.15. The van der Waals surface area contributed by atoms with E-state index in [2.05, 4.69) is 24.9 Å². The van der Waals surface area contributed by atoms with Crippen molar-refractivity contribution in [1.29, 1.82) is 5.26 Å². The number of hydrogen-bond acceptors (Lipinski definition) is 11. The van der Waals surface area contributed by atoms with Crippen molar-refractivity contribution in [2.24, 2.45) is 0 Å². The van der Waals surface area contributed by atoms with Crippen molar-refractivity contribution >= 4 is 27.7 Å². The number of nitrogen functional groups attached to an aromatic ring is 1. The number of thiazole rings is 1. The number of likely N-dealkylation sites (tertiary alicyclic amines) is 1. The smallest absolute Gasteiger partial charge is 0.217 e. The van der Waals surface area contributed by atoms with Crippen molar-refractivity contribution in [3.05, 3.63) is 43.7 Å². The first-order valence-corrected chi connectivity index (χ1v) is 16.1. The minimum Gasteiger partial charge on any atom is -0.473 e. The van der Waals surface area contributed by atoms with E-state index in [9.17, 15) is 5.26 Å². The van der Waals surface area contributed by atoms with Gasteiger partial charge in [0.2, 0.25) is 17.5 Å². The van der Waals surface area contributed by atoms with Crippen LogP contribution in [0.15, 0.2) is 16.0 Å². The fraction of sp³-hybridized carbons (Fsp3) is 0.500. The molecule has 1 saturated heterocycles. The third kappa shape index (κ3) is 4.35. The molecule has 0 bridgehead atoms. The van der Waals surface area contributed by atoms with Gasteiger partial charge in [0.25, 0.3) is 0 Å². The van der Waals surface area contributed by atoms with Gasteiger partial charge >= 0.3 is 0 Å². The molecule has 4 aromatic rings. The molecule has 1 aliphatic heterocycles. The van der Waals surface area contributed by atoms with Gasteiger partial charge < -0.3 is 15.0 Å². The first-order valence-electron chi connectivity index (χ1n) is 14.4. The van der Waals surface area contributed by atoms with Crippen molar-refractivity contribution in [2.45, 2.75) is 82.8 Å². The summed E-state index contributed by atoms with van der Waals surface area (Å²) in [5.74, 6) is 1.55. The van der Waals surface area contributed by atoms with Gasteiger partial charge in [0, 0.05) is 33.3 Å². The average molecular weight is 588 g/mol. The monoisotopic (exact) mass is 587 g/mol. The van der Waals surface area contributed by atoms with Gasteiger partial charge in [0.1, 0.15) is 22.9 Å². The minimum absolute atomic E-state index is 0.0312. The Morgan fingerprint density at radius 3 is 2.76 bits per heavy atom. The number of aromatic nitrogens is 4. The standard InChI is InChI=1S/C30H33N7O2S2/c1-16(22-8-6-12-37(22)3)38-24-13-20(21-15-40-17(2)33-21)34-29(35-24)26-18-7-4-10-30(27(18)36-39-26)11-5-9-23-25(30)19(14-31)28(32)41-23/h13,15-16,22H,4-12,32H2,1-3H3/t16-,22-,30-/m0/s1. The fourth-order valence-corrected chi connectivity index (χ4v) is 9.00. The number of fused-ring (bicyclic) bond motifs is 4.